The van der Waals surface area contributed by atoms with Crippen LogP contribution in [0.4, 0.5) is 16.4 Å². The van der Waals surface area contributed by atoms with E-state index in [1.54, 1.807) is 12.1 Å². The Morgan fingerprint density at radius 3 is 2.69 bits per heavy atom. The number of hydrogen-bond donors (Lipinski definition) is 3. The molecule has 2 aromatic rings. The summed E-state index contributed by atoms with van der Waals surface area (Å²) in [5.41, 5.74) is 1.78. The Bertz CT molecular complexity index is 862. The van der Waals surface area contributed by atoms with E-state index in [2.05, 4.69) is 16.0 Å². The Labute approximate surface area is 154 Å². The lowest BCUT2D eigenvalue weighted by Gasteiger charge is -2.26. The van der Waals surface area contributed by atoms with Gasteiger partial charge in [0.05, 0.1) is 30.5 Å². The fraction of sp³-hybridized carbons (Fsp3) is 0.278. The molecular weight excluding hydrogens is 354 g/mol. The number of thiophene rings is 1. The monoisotopic (exact) mass is 373 g/mol. The third-order valence-electron chi connectivity index (χ3n) is 4.01. The van der Waals surface area contributed by atoms with Crippen molar-refractivity contribution in [3.63, 3.8) is 0 Å². The molecule has 0 saturated heterocycles. The average Bonchev–Trinajstić information content (AvgIpc) is 3.04. The number of nitrogens with one attached hydrogen (secondary N) is 3. The quantitative estimate of drug-likeness (QED) is 0.701. The average molecular weight is 373 g/mol. The van der Waals surface area contributed by atoms with E-state index in [4.69, 9.17) is 4.74 Å². The van der Waals surface area contributed by atoms with Crippen molar-refractivity contribution in [3.8, 4) is 0 Å². The molecule has 7 nitrogen and oxygen atoms in total. The molecule has 1 aromatic carbocycles. The SMILES string of the molecule is CCc1cc(C(=O)OC)c(NC(=O)C[C@H]2Nc3ccccc3NC2=O)s1. The van der Waals surface area contributed by atoms with Crippen molar-refractivity contribution in [2.45, 2.75) is 25.8 Å². The molecule has 3 rings (SSSR count). The maximum absolute atomic E-state index is 12.4. The van der Waals surface area contributed by atoms with Crippen LogP contribution in [0.5, 0.6) is 0 Å². The Kier molecular flexibility index (Phi) is 5.22. The van der Waals surface area contributed by atoms with Crippen LogP contribution in [-0.2, 0) is 20.7 Å². The van der Waals surface area contributed by atoms with E-state index >= 15 is 0 Å². The number of amides is 2. The molecule has 0 saturated carbocycles. The molecule has 1 aliphatic heterocycles. The van der Waals surface area contributed by atoms with Gasteiger partial charge in [-0.15, -0.1) is 11.3 Å². The normalized spacial score (nSPS) is 15.5. The van der Waals surface area contributed by atoms with E-state index in [9.17, 15) is 14.4 Å². The summed E-state index contributed by atoms with van der Waals surface area (Å²) in [6.45, 7) is 1.96. The van der Waals surface area contributed by atoms with Gasteiger partial charge in [-0.1, -0.05) is 19.1 Å². The molecule has 0 bridgehead atoms. The Morgan fingerprint density at radius 2 is 2.00 bits per heavy atom. The smallest absolute Gasteiger partial charge is 0.340 e. The number of esters is 1. The second kappa shape index (κ2) is 7.57. The molecule has 0 radical (unpaired) electrons. The summed E-state index contributed by atoms with van der Waals surface area (Å²) < 4.78 is 4.76. The first-order valence-electron chi connectivity index (χ1n) is 8.19. The molecule has 26 heavy (non-hydrogen) atoms. The lowest BCUT2D eigenvalue weighted by Crippen LogP contribution is -2.41. The molecule has 2 heterocycles. The molecule has 3 N–H and O–H groups in total. The van der Waals surface area contributed by atoms with Crippen LogP contribution in [0.25, 0.3) is 0 Å². The fourth-order valence-corrected chi connectivity index (χ4v) is 3.67. The van der Waals surface area contributed by atoms with Gasteiger partial charge in [0.1, 0.15) is 11.0 Å². The van der Waals surface area contributed by atoms with Crippen molar-refractivity contribution in [3.05, 3.63) is 40.8 Å². The van der Waals surface area contributed by atoms with Crippen molar-refractivity contribution in [1.29, 1.82) is 0 Å². The van der Waals surface area contributed by atoms with Gasteiger partial charge < -0.3 is 20.7 Å². The van der Waals surface area contributed by atoms with Crippen molar-refractivity contribution in [2.24, 2.45) is 0 Å². The maximum atomic E-state index is 12.4. The first-order valence-corrected chi connectivity index (χ1v) is 9.00. The van der Waals surface area contributed by atoms with Gasteiger partial charge in [-0.2, -0.15) is 0 Å². The second-order valence-electron chi connectivity index (χ2n) is 5.78. The van der Waals surface area contributed by atoms with Gasteiger partial charge in [-0.3, -0.25) is 9.59 Å². The zero-order valence-corrected chi connectivity index (χ0v) is 15.2. The minimum atomic E-state index is -0.683. The minimum Gasteiger partial charge on any atom is -0.465 e. The van der Waals surface area contributed by atoms with Gasteiger partial charge in [0.25, 0.3) is 0 Å². The van der Waals surface area contributed by atoms with Crippen molar-refractivity contribution in [2.75, 3.05) is 23.1 Å². The Hall–Kier alpha value is -2.87. The van der Waals surface area contributed by atoms with Gasteiger partial charge in [0.2, 0.25) is 11.8 Å². The minimum absolute atomic E-state index is 0.0554. The van der Waals surface area contributed by atoms with Crippen LogP contribution in [0.3, 0.4) is 0 Å². The summed E-state index contributed by atoms with van der Waals surface area (Å²) in [5.74, 6) is -1.13. The first kappa shape index (κ1) is 17.9. The predicted octanol–water partition coefficient (Wildman–Crippen LogP) is 2.86. The van der Waals surface area contributed by atoms with E-state index < -0.39 is 12.0 Å². The number of rotatable bonds is 5. The van der Waals surface area contributed by atoms with Crippen LogP contribution < -0.4 is 16.0 Å². The molecule has 1 aliphatic rings. The van der Waals surface area contributed by atoms with Crippen molar-refractivity contribution < 1.29 is 19.1 Å². The van der Waals surface area contributed by atoms with E-state index in [-0.39, 0.29) is 18.2 Å². The van der Waals surface area contributed by atoms with E-state index in [1.165, 1.54) is 18.4 Å². The van der Waals surface area contributed by atoms with E-state index in [0.29, 0.717) is 16.3 Å². The first-order chi connectivity index (χ1) is 12.5. The van der Waals surface area contributed by atoms with E-state index in [1.807, 2.05) is 25.1 Å². The highest BCUT2D eigenvalue weighted by Gasteiger charge is 2.28. The zero-order chi connectivity index (χ0) is 18.7. The number of para-hydroxylation sites is 2. The maximum Gasteiger partial charge on any atom is 0.340 e. The van der Waals surface area contributed by atoms with Crippen molar-refractivity contribution >= 4 is 45.5 Å². The highest BCUT2D eigenvalue weighted by atomic mass is 32.1. The standard InChI is InChI=1S/C18H19N3O4S/c1-3-10-8-11(18(24)25-2)17(26-10)21-15(22)9-14-16(23)20-13-7-5-4-6-12(13)19-14/h4-8,14,19H,3,9H2,1-2H3,(H,20,23)(H,21,22)/t14-/m1/s1. The number of methoxy groups -OCH3 is 1. The molecule has 1 atom stereocenters. The number of carbonyl (C=O) groups excluding carboxylic acids is 3. The summed E-state index contributed by atoms with van der Waals surface area (Å²) >= 11 is 1.33. The van der Waals surface area contributed by atoms with Crippen LogP contribution in [0.1, 0.15) is 28.6 Å². The van der Waals surface area contributed by atoms with Gasteiger partial charge in [-0.05, 0) is 24.6 Å². The highest BCUT2D eigenvalue weighted by molar-refractivity contribution is 7.16. The Balaban J connectivity index is 1.71. The van der Waals surface area contributed by atoms with Gasteiger partial charge in [-0.25, -0.2) is 4.79 Å². The molecule has 136 valence electrons. The number of benzene rings is 1. The molecule has 0 unspecified atom stereocenters. The fourth-order valence-electron chi connectivity index (χ4n) is 2.67. The van der Waals surface area contributed by atoms with Crippen LogP contribution in [0.2, 0.25) is 0 Å². The molecule has 2 amide bonds. The van der Waals surface area contributed by atoms with Crippen molar-refractivity contribution in [1.82, 2.24) is 0 Å². The summed E-state index contributed by atoms with van der Waals surface area (Å²) in [7, 11) is 1.30. The lowest BCUT2D eigenvalue weighted by molar-refractivity contribution is -0.122. The summed E-state index contributed by atoms with van der Waals surface area (Å²) in [6, 6.07) is 8.33. The third kappa shape index (κ3) is 3.70. The van der Waals surface area contributed by atoms with Crippen LogP contribution >= 0.6 is 11.3 Å². The zero-order valence-electron chi connectivity index (χ0n) is 14.4. The molecule has 0 fully saturated rings. The second-order valence-corrected chi connectivity index (χ2v) is 6.92. The topological polar surface area (TPSA) is 96.5 Å². The number of anilines is 3. The Morgan fingerprint density at radius 1 is 1.27 bits per heavy atom. The van der Waals surface area contributed by atoms with Gasteiger partial charge in [0, 0.05) is 4.88 Å². The van der Waals surface area contributed by atoms with Gasteiger partial charge >= 0.3 is 5.97 Å². The largest absolute Gasteiger partial charge is 0.465 e. The van der Waals surface area contributed by atoms with Gasteiger partial charge in [0.15, 0.2) is 0 Å². The molecule has 1 aromatic heterocycles. The van der Waals surface area contributed by atoms with Crippen LogP contribution in [0.15, 0.2) is 30.3 Å². The van der Waals surface area contributed by atoms with E-state index in [0.717, 1.165) is 17.0 Å². The molecular formula is C18H19N3O4S. The summed E-state index contributed by atoms with van der Waals surface area (Å²) in [5, 5.41) is 9.02. The lowest BCUT2D eigenvalue weighted by atomic mass is 10.1. The molecule has 8 heteroatoms. The third-order valence-corrected chi connectivity index (χ3v) is 5.21. The number of ether oxygens (including phenoxy) is 1. The predicted molar refractivity (Wildman–Crippen MR) is 101 cm³/mol. The molecule has 0 aliphatic carbocycles. The van der Waals surface area contributed by atoms with Crippen LogP contribution in [0, 0.1) is 0 Å². The summed E-state index contributed by atoms with van der Waals surface area (Å²) in [6.07, 6.45) is 0.689. The number of aryl methyl sites for hydroxylation is 1. The highest BCUT2D eigenvalue weighted by Crippen LogP contribution is 2.30. The number of hydrogen-bond acceptors (Lipinski definition) is 6. The number of fused-ring (bicyclic) bond motifs is 1. The van der Waals surface area contributed by atoms with Crippen LogP contribution in [-0.4, -0.2) is 30.9 Å². The summed E-state index contributed by atoms with van der Waals surface area (Å²) in [4.78, 5) is 37.5. The number of carbonyl (C=O) groups is 3. The molecule has 0 spiro atoms.